The Morgan fingerprint density at radius 1 is 1.44 bits per heavy atom. The summed E-state index contributed by atoms with van der Waals surface area (Å²) >= 11 is 0. The Labute approximate surface area is 110 Å². The lowest BCUT2D eigenvalue weighted by molar-refractivity contribution is 0.192. The van der Waals surface area contributed by atoms with Gasteiger partial charge in [0, 0.05) is 32.7 Å². The first kappa shape index (κ1) is 15.1. The van der Waals surface area contributed by atoms with Crippen LogP contribution in [-0.4, -0.2) is 41.1 Å². The van der Waals surface area contributed by atoms with Crippen LogP contribution in [0.5, 0.6) is 0 Å². The van der Waals surface area contributed by atoms with Crippen LogP contribution in [-0.2, 0) is 17.7 Å². The van der Waals surface area contributed by atoms with E-state index in [1.807, 2.05) is 4.68 Å². The maximum atomic E-state index is 5.04. The predicted octanol–water partition coefficient (Wildman–Crippen LogP) is 1.49. The van der Waals surface area contributed by atoms with E-state index in [2.05, 4.69) is 36.2 Å². The second kappa shape index (κ2) is 8.21. The molecular weight excluding hydrogens is 228 g/mol. The number of methoxy groups -OCH3 is 1. The molecule has 1 aromatic heterocycles. The largest absolute Gasteiger partial charge is 0.383 e. The number of nitrogens with one attached hydrogen (secondary N) is 1. The Morgan fingerprint density at radius 3 is 2.89 bits per heavy atom. The number of nitrogens with zero attached hydrogens (tertiary/aromatic N) is 3. The van der Waals surface area contributed by atoms with Crippen LogP contribution in [0.15, 0.2) is 6.33 Å². The highest BCUT2D eigenvalue weighted by Crippen LogP contribution is 2.10. The third-order valence-corrected chi connectivity index (χ3v) is 3.26. The van der Waals surface area contributed by atoms with Gasteiger partial charge in [0.1, 0.15) is 12.2 Å². The molecule has 0 spiro atoms. The molecule has 0 aliphatic heterocycles. The Morgan fingerprint density at radius 2 is 2.22 bits per heavy atom. The normalized spacial score (nSPS) is 14.7. The van der Waals surface area contributed by atoms with E-state index in [1.165, 1.54) is 0 Å². The van der Waals surface area contributed by atoms with E-state index in [0.29, 0.717) is 12.0 Å². The molecule has 0 aromatic carbocycles. The molecule has 0 aliphatic rings. The molecule has 104 valence electrons. The van der Waals surface area contributed by atoms with Gasteiger partial charge in [-0.25, -0.2) is 4.98 Å². The second-order valence-corrected chi connectivity index (χ2v) is 4.82. The smallest absolute Gasteiger partial charge is 0.138 e. The SMILES string of the molecule is CCCn1ncnc1CC(C)C(C)NCCOC. The zero-order chi connectivity index (χ0) is 13.4. The van der Waals surface area contributed by atoms with E-state index in [9.17, 15) is 0 Å². The molecule has 18 heavy (non-hydrogen) atoms. The van der Waals surface area contributed by atoms with E-state index >= 15 is 0 Å². The minimum atomic E-state index is 0.451. The van der Waals surface area contributed by atoms with E-state index in [1.54, 1.807) is 13.4 Å². The molecule has 0 radical (unpaired) electrons. The van der Waals surface area contributed by atoms with Gasteiger partial charge in [0.2, 0.25) is 0 Å². The fraction of sp³-hybridized carbons (Fsp3) is 0.846. The highest BCUT2D eigenvalue weighted by atomic mass is 16.5. The van der Waals surface area contributed by atoms with Crippen LogP contribution in [0, 0.1) is 5.92 Å². The maximum absolute atomic E-state index is 5.04. The van der Waals surface area contributed by atoms with Crippen molar-refractivity contribution in [2.45, 2.75) is 46.2 Å². The van der Waals surface area contributed by atoms with E-state index in [0.717, 1.165) is 38.4 Å². The molecular formula is C13H26N4O. The number of hydrogen-bond donors (Lipinski definition) is 1. The number of aryl methyl sites for hydroxylation is 1. The van der Waals surface area contributed by atoms with E-state index in [4.69, 9.17) is 4.74 Å². The summed E-state index contributed by atoms with van der Waals surface area (Å²) in [5.41, 5.74) is 0. The van der Waals surface area contributed by atoms with Gasteiger partial charge in [0.15, 0.2) is 0 Å². The first-order chi connectivity index (χ1) is 8.69. The van der Waals surface area contributed by atoms with Gasteiger partial charge in [0.05, 0.1) is 6.61 Å². The number of aromatic nitrogens is 3. The van der Waals surface area contributed by atoms with Gasteiger partial charge in [-0.1, -0.05) is 13.8 Å². The molecule has 2 unspecified atom stereocenters. The lowest BCUT2D eigenvalue weighted by Gasteiger charge is -2.21. The van der Waals surface area contributed by atoms with Crippen LogP contribution in [0.1, 0.15) is 33.0 Å². The molecule has 0 aliphatic carbocycles. The quantitative estimate of drug-likeness (QED) is 0.678. The highest BCUT2D eigenvalue weighted by Gasteiger charge is 2.15. The van der Waals surface area contributed by atoms with Crippen LogP contribution >= 0.6 is 0 Å². The van der Waals surface area contributed by atoms with Crippen LogP contribution < -0.4 is 5.32 Å². The minimum Gasteiger partial charge on any atom is -0.383 e. The van der Waals surface area contributed by atoms with Crippen LogP contribution in [0.2, 0.25) is 0 Å². The van der Waals surface area contributed by atoms with Crippen LogP contribution in [0.25, 0.3) is 0 Å². The molecule has 5 heteroatoms. The fourth-order valence-corrected chi connectivity index (χ4v) is 1.90. The molecule has 0 fully saturated rings. The van der Waals surface area contributed by atoms with Gasteiger partial charge in [0.25, 0.3) is 0 Å². The molecule has 2 atom stereocenters. The summed E-state index contributed by atoms with van der Waals surface area (Å²) in [6.45, 7) is 9.21. The molecule has 1 N–H and O–H groups in total. The number of ether oxygens (including phenoxy) is 1. The van der Waals surface area contributed by atoms with Gasteiger partial charge >= 0.3 is 0 Å². The van der Waals surface area contributed by atoms with Gasteiger partial charge in [-0.15, -0.1) is 0 Å². The van der Waals surface area contributed by atoms with Gasteiger partial charge in [-0.3, -0.25) is 4.68 Å². The first-order valence-corrected chi connectivity index (χ1v) is 6.78. The summed E-state index contributed by atoms with van der Waals surface area (Å²) in [5.74, 6) is 1.62. The van der Waals surface area contributed by atoms with E-state index < -0.39 is 0 Å². The summed E-state index contributed by atoms with van der Waals surface area (Å²) in [7, 11) is 1.73. The molecule has 5 nitrogen and oxygen atoms in total. The summed E-state index contributed by atoms with van der Waals surface area (Å²) in [6.07, 6.45) is 3.70. The van der Waals surface area contributed by atoms with Gasteiger partial charge in [-0.2, -0.15) is 5.10 Å². The van der Waals surface area contributed by atoms with Crippen molar-refractivity contribution < 1.29 is 4.74 Å². The zero-order valence-corrected chi connectivity index (χ0v) is 12.0. The van der Waals surface area contributed by atoms with Crippen molar-refractivity contribution in [2.75, 3.05) is 20.3 Å². The number of hydrogen-bond acceptors (Lipinski definition) is 4. The lowest BCUT2D eigenvalue weighted by Crippen LogP contribution is -2.35. The zero-order valence-electron chi connectivity index (χ0n) is 12.0. The van der Waals surface area contributed by atoms with Gasteiger partial charge in [-0.05, 0) is 19.3 Å². The molecule has 1 rings (SSSR count). The van der Waals surface area contributed by atoms with Crippen molar-refractivity contribution in [3.63, 3.8) is 0 Å². The Kier molecular flexibility index (Phi) is 6.90. The van der Waals surface area contributed by atoms with Crippen molar-refractivity contribution >= 4 is 0 Å². The molecule has 0 amide bonds. The predicted molar refractivity (Wildman–Crippen MR) is 72.5 cm³/mol. The minimum absolute atomic E-state index is 0.451. The van der Waals surface area contributed by atoms with Crippen molar-refractivity contribution in [2.24, 2.45) is 5.92 Å². The molecule has 0 saturated carbocycles. The highest BCUT2D eigenvalue weighted by molar-refractivity contribution is 4.88. The third kappa shape index (κ3) is 4.74. The summed E-state index contributed by atoms with van der Waals surface area (Å²) in [6, 6.07) is 0.451. The van der Waals surface area contributed by atoms with Crippen molar-refractivity contribution in [1.29, 1.82) is 0 Å². The Bertz CT molecular complexity index is 327. The van der Waals surface area contributed by atoms with Crippen molar-refractivity contribution in [3.05, 3.63) is 12.2 Å². The first-order valence-electron chi connectivity index (χ1n) is 6.78. The molecule has 1 aromatic rings. The van der Waals surface area contributed by atoms with Crippen LogP contribution in [0.3, 0.4) is 0 Å². The fourth-order valence-electron chi connectivity index (χ4n) is 1.90. The molecule has 0 saturated heterocycles. The monoisotopic (exact) mass is 254 g/mol. The molecule has 0 bridgehead atoms. The van der Waals surface area contributed by atoms with Crippen molar-refractivity contribution in [1.82, 2.24) is 20.1 Å². The standard InChI is InChI=1S/C13H26N4O/c1-5-7-17-13(15-10-16-17)9-11(2)12(3)14-6-8-18-4/h10-12,14H,5-9H2,1-4H3. The second-order valence-electron chi connectivity index (χ2n) is 4.82. The van der Waals surface area contributed by atoms with Crippen LogP contribution in [0.4, 0.5) is 0 Å². The average molecular weight is 254 g/mol. The topological polar surface area (TPSA) is 52.0 Å². The summed E-state index contributed by atoms with van der Waals surface area (Å²) in [4.78, 5) is 4.35. The molecule has 1 heterocycles. The summed E-state index contributed by atoms with van der Waals surface area (Å²) in [5, 5.41) is 7.72. The van der Waals surface area contributed by atoms with E-state index in [-0.39, 0.29) is 0 Å². The number of rotatable bonds is 9. The lowest BCUT2D eigenvalue weighted by atomic mass is 9.99. The summed E-state index contributed by atoms with van der Waals surface area (Å²) < 4.78 is 7.05. The maximum Gasteiger partial charge on any atom is 0.138 e. The van der Waals surface area contributed by atoms with Gasteiger partial charge < -0.3 is 10.1 Å². The Balaban J connectivity index is 2.42. The average Bonchev–Trinajstić information content (AvgIpc) is 2.77. The third-order valence-electron chi connectivity index (χ3n) is 3.26. The van der Waals surface area contributed by atoms with Crippen molar-refractivity contribution in [3.8, 4) is 0 Å². The Hall–Kier alpha value is -0.940.